The van der Waals surface area contributed by atoms with Gasteiger partial charge in [-0.1, -0.05) is 85.8 Å². The molecular weight excluding hydrogens is 404 g/mol. The standard InChI is InChI=1S/C27H35ClN2O/c28-26-13-7-6-12-24(26)21-30(27(31)15-14-22-8-4-5-9-22)25-16-18-29(19-17-25)20-23-10-2-1-3-11-23/h1-3,6-7,10-13,22,25H,4-5,8-9,14-21H2. The monoisotopic (exact) mass is 438 g/mol. The van der Waals surface area contributed by atoms with E-state index in [4.69, 9.17) is 11.6 Å². The van der Waals surface area contributed by atoms with Crippen molar-refractivity contribution in [1.29, 1.82) is 0 Å². The minimum Gasteiger partial charge on any atom is -0.335 e. The second kappa shape index (κ2) is 11.2. The maximum Gasteiger partial charge on any atom is 0.223 e. The van der Waals surface area contributed by atoms with Crippen molar-refractivity contribution in [2.75, 3.05) is 13.1 Å². The largest absolute Gasteiger partial charge is 0.335 e. The molecule has 4 heteroatoms. The van der Waals surface area contributed by atoms with E-state index in [0.29, 0.717) is 24.9 Å². The number of carbonyl (C=O) groups excluding carboxylic acids is 1. The molecule has 0 N–H and O–H groups in total. The molecule has 2 aromatic rings. The Morgan fingerprint density at radius 2 is 1.61 bits per heavy atom. The topological polar surface area (TPSA) is 23.6 Å². The molecule has 2 aliphatic rings. The second-order valence-corrected chi connectivity index (χ2v) is 9.70. The van der Waals surface area contributed by atoms with Crippen LogP contribution < -0.4 is 0 Å². The van der Waals surface area contributed by atoms with Crippen LogP contribution in [0.2, 0.25) is 5.02 Å². The average Bonchev–Trinajstić information content (AvgIpc) is 3.32. The van der Waals surface area contributed by atoms with Crippen LogP contribution in [0.5, 0.6) is 0 Å². The van der Waals surface area contributed by atoms with E-state index in [1.165, 1.54) is 31.2 Å². The van der Waals surface area contributed by atoms with Gasteiger partial charge in [-0.3, -0.25) is 9.69 Å². The highest BCUT2D eigenvalue weighted by molar-refractivity contribution is 6.31. The van der Waals surface area contributed by atoms with Gasteiger partial charge in [-0.15, -0.1) is 0 Å². The Morgan fingerprint density at radius 1 is 0.935 bits per heavy atom. The van der Waals surface area contributed by atoms with E-state index in [2.05, 4.69) is 46.2 Å². The predicted molar refractivity (Wildman–Crippen MR) is 128 cm³/mol. The van der Waals surface area contributed by atoms with Gasteiger partial charge in [0.2, 0.25) is 5.91 Å². The van der Waals surface area contributed by atoms with Gasteiger partial charge < -0.3 is 4.90 Å². The molecule has 166 valence electrons. The van der Waals surface area contributed by atoms with Crippen molar-refractivity contribution in [3.8, 4) is 0 Å². The second-order valence-electron chi connectivity index (χ2n) is 9.30. The van der Waals surface area contributed by atoms with E-state index in [1.54, 1.807) is 0 Å². The molecule has 2 fully saturated rings. The average molecular weight is 439 g/mol. The molecule has 1 heterocycles. The summed E-state index contributed by atoms with van der Waals surface area (Å²) < 4.78 is 0. The summed E-state index contributed by atoms with van der Waals surface area (Å²) in [4.78, 5) is 18.0. The number of rotatable bonds is 8. The SMILES string of the molecule is O=C(CCC1CCCC1)N(Cc1ccccc1Cl)C1CCN(Cc2ccccc2)CC1. The minimum atomic E-state index is 0.305. The quantitative estimate of drug-likeness (QED) is 0.482. The minimum absolute atomic E-state index is 0.305. The summed E-state index contributed by atoms with van der Waals surface area (Å²) in [6.07, 6.45) is 9.07. The van der Waals surface area contributed by atoms with Crippen molar-refractivity contribution >= 4 is 17.5 Å². The maximum atomic E-state index is 13.4. The first-order valence-electron chi connectivity index (χ1n) is 12.0. The van der Waals surface area contributed by atoms with Gasteiger partial charge in [-0.2, -0.15) is 0 Å². The molecule has 1 saturated heterocycles. The van der Waals surface area contributed by atoms with Gasteiger partial charge >= 0.3 is 0 Å². The Kier molecular flexibility index (Phi) is 8.04. The van der Waals surface area contributed by atoms with Gasteiger partial charge in [-0.05, 0) is 42.4 Å². The number of likely N-dealkylation sites (tertiary alicyclic amines) is 1. The number of halogens is 1. The lowest BCUT2D eigenvalue weighted by Crippen LogP contribution is -2.47. The van der Waals surface area contributed by atoms with Crippen molar-refractivity contribution in [2.45, 2.75) is 70.5 Å². The number of hydrogen-bond donors (Lipinski definition) is 0. The lowest BCUT2D eigenvalue weighted by atomic mass is 9.98. The van der Waals surface area contributed by atoms with Crippen molar-refractivity contribution in [2.24, 2.45) is 5.92 Å². The van der Waals surface area contributed by atoms with E-state index in [0.717, 1.165) is 55.4 Å². The Morgan fingerprint density at radius 3 is 2.32 bits per heavy atom. The van der Waals surface area contributed by atoms with Crippen LogP contribution in [0.15, 0.2) is 54.6 Å². The Balaban J connectivity index is 1.38. The number of hydrogen-bond acceptors (Lipinski definition) is 2. The van der Waals surface area contributed by atoms with Crippen LogP contribution in [0, 0.1) is 5.92 Å². The number of amides is 1. The molecule has 1 amide bonds. The van der Waals surface area contributed by atoms with Crippen molar-refractivity contribution in [3.63, 3.8) is 0 Å². The molecule has 0 atom stereocenters. The van der Waals surface area contributed by atoms with Gasteiger partial charge in [0.1, 0.15) is 0 Å². The van der Waals surface area contributed by atoms with Gasteiger partial charge in [0.05, 0.1) is 0 Å². The summed E-state index contributed by atoms with van der Waals surface area (Å²) in [5.41, 5.74) is 2.42. The lowest BCUT2D eigenvalue weighted by Gasteiger charge is -2.39. The Bertz CT molecular complexity index is 826. The zero-order chi connectivity index (χ0) is 21.5. The summed E-state index contributed by atoms with van der Waals surface area (Å²) in [6, 6.07) is 19.0. The number of piperidine rings is 1. The number of benzene rings is 2. The number of nitrogens with zero attached hydrogens (tertiary/aromatic N) is 2. The molecule has 3 nitrogen and oxygen atoms in total. The molecular formula is C27H35ClN2O. The van der Waals surface area contributed by atoms with E-state index in [1.807, 2.05) is 18.2 Å². The number of carbonyl (C=O) groups is 1. The first kappa shape index (κ1) is 22.4. The van der Waals surface area contributed by atoms with Crippen LogP contribution >= 0.6 is 11.6 Å². The van der Waals surface area contributed by atoms with Crippen LogP contribution in [-0.4, -0.2) is 34.8 Å². The summed E-state index contributed by atoms with van der Waals surface area (Å²) in [6.45, 7) is 3.70. The smallest absolute Gasteiger partial charge is 0.223 e. The zero-order valence-corrected chi connectivity index (χ0v) is 19.3. The highest BCUT2D eigenvalue weighted by Crippen LogP contribution is 2.30. The van der Waals surface area contributed by atoms with Gasteiger partial charge in [0.25, 0.3) is 0 Å². The van der Waals surface area contributed by atoms with Gasteiger partial charge in [-0.25, -0.2) is 0 Å². The molecule has 4 rings (SSSR count). The third-order valence-electron chi connectivity index (χ3n) is 7.11. The van der Waals surface area contributed by atoms with E-state index >= 15 is 0 Å². The first-order valence-corrected chi connectivity index (χ1v) is 12.4. The first-order chi connectivity index (χ1) is 15.2. The highest BCUT2D eigenvalue weighted by atomic mass is 35.5. The van der Waals surface area contributed by atoms with Gasteiger partial charge in [0.15, 0.2) is 0 Å². The molecule has 1 saturated carbocycles. The maximum absolute atomic E-state index is 13.4. The third kappa shape index (κ3) is 6.33. The molecule has 1 aliphatic heterocycles. The third-order valence-corrected chi connectivity index (χ3v) is 7.48. The van der Waals surface area contributed by atoms with Crippen molar-refractivity contribution < 1.29 is 4.79 Å². The molecule has 0 aromatic heterocycles. The highest BCUT2D eigenvalue weighted by Gasteiger charge is 2.29. The summed E-state index contributed by atoms with van der Waals surface area (Å²) >= 11 is 6.46. The van der Waals surface area contributed by atoms with Crippen LogP contribution in [0.25, 0.3) is 0 Å². The fourth-order valence-electron chi connectivity index (χ4n) is 5.23. The molecule has 0 radical (unpaired) electrons. The molecule has 31 heavy (non-hydrogen) atoms. The Labute approximate surface area is 192 Å². The van der Waals surface area contributed by atoms with E-state index in [-0.39, 0.29) is 0 Å². The molecule has 0 bridgehead atoms. The van der Waals surface area contributed by atoms with Crippen LogP contribution in [0.1, 0.15) is 62.5 Å². The zero-order valence-electron chi connectivity index (χ0n) is 18.5. The van der Waals surface area contributed by atoms with E-state index in [9.17, 15) is 4.79 Å². The molecule has 0 spiro atoms. The molecule has 1 aliphatic carbocycles. The van der Waals surface area contributed by atoms with Crippen LogP contribution in [-0.2, 0) is 17.9 Å². The van der Waals surface area contributed by atoms with Gasteiger partial charge in [0, 0.05) is 43.7 Å². The fraction of sp³-hybridized carbons (Fsp3) is 0.519. The normalized spacial score (nSPS) is 18.4. The van der Waals surface area contributed by atoms with E-state index < -0.39 is 0 Å². The molecule has 2 aromatic carbocycles. The predicted octanol–water partition coefficient (Wildman–Crippen LogP) is 6.30. The fourth-order valence-corrected chi connectivity index (χ4v) is 5.43. The molecule has 0 unspecified atom stereocenters. The van der Waals surface area contributed by atoms with Crippen molar-refractivity contribution in [1.82, 2.24) is 9.80 Å². The van der Waals surface area contributed by atoms with Crippen molar-refractivity contribution in [3.05, 3.63) is 70.7 Å². The van der Waals surface area contributed by atoms with Crippen LogP contribution in [0.4, 0.5) is 0 Å². The summed E-state index contributed by atoms with van der Waals surface area (Å²) in [5, 5.41) is 0.762. The lowest BCUT2D eigenvalue weighted by molar-refractivity contribution is -0.135. The van der Waals surface area contributed by atoms with Crippen LogP contribution in [0.3, 0.4) is 0 Å². The Hall–Kier alpha value is -1.84. The summed E-state index contributed by atoms with van der Waals surface area (Å²) in [5.74, 6) is 1.06. The summed E-state index contributed by atoms with van der Waals surface area (Å²) in [7, 11) is 0.